The Morgan fingerprint density at radius 1 is 1.12 bits per heavy atom. The Morgan fingerprint density at radius 3 is 2.72 bits per heavy atom. The summed E-state index contributed by atoms with van der Waals surface area (Å²) in [5.41, 5.74) is 1.60. The number of hydrogen-bond acceptors (Lipinski definition) is 5. The average Bonchev–Trinajstić information content (AvgIpc) is 3.05. The van der Waals surface area contributed by atoms with E-state index in [0.717, 1.165) is 50.8 Å². The summed E-state index contributed by atoms with van der Waals surface area (Å²) >= 11 is 0. The molecule has 0 spiro atoms. The van der Waals surface area contributed by atoms with Crippen molar-refractivity contribution >= 4 is 5.91 Å². The number of fused-ring (bicyclic) bond motifs is 1. The van der Waals surface area contributed by atoms with Crippen LogP contribution in [-0.2, 0) is 19.6 Å². The van der Waals surface area contributed by atoms with Gasteiger partial charge in [-0.05, 0) is 19.2 Å². The fourth-order valence-electron chi connectivity index (χ4n) is 3.45. The monoisotopic (exact) mass is 340 g/mol. The van der Waals surface area contributed by atoms with E-state index in [1.54, 1.807) is 12.3 Å². The molecule has 0 bridgehead atoms. The molecule has 1 saturated heterocycles. The minimum Gasteiger partial charge on any atom is -0.331 e. The molecule has 2 aromatic rings. The lowest BCUT2D eigenvalue weighted by Crippen LogP contribution is -2.43. The minimum absolute atomic E-state index is 0.0181. The van der Waals surface area contributed by atoms with E-state index in [-0.39, 0.29) is 5.91 Å². The maximum absolute atomic E-state index is 12.6. The van der Waals surface area contributed by atoms with Crippen molar-refractivity contribution in [3.8, 4) is 0 Å². The molecule has 1 amide bonds. The number of pyridine rings is 1. The van der Waals surface area contributed by atoms with Crippen LogP contribution < -0.4 is 0 Å². The quantitative estimate of drug-likeness (QED) is 0.822. The number of amides is 1. The molecule has 0 saturated carbocycles. The van der Waals surface area contributed by atoms with Crippen LogP contribution in [0.4, 0.5) is 0 Å². The van der Waals surface area contributed by atoms with E-state index in [0.29, 0.717) is 18.8 Å². The van der Waals surface area contributed by atoms with E-state index < -0.39 is 0 Å². The highest BCUT2D eigenvalue weighted by atomic mass is 16.2. The highest BCUT2D eigenvalue weighted by Gasteiger charge is 2.24. The zero-order chi connectivity index (χ0) is 17.2. The Bertz CT molecular complexity index is 735. The van der Waals surface area contributed by atoms with Crippen molar-refractivity contribution in [2.24, 2.45) is 0 Å². The minimum atomic E-state index is -0.0181. The molecule has 2 aliphatic heterocycles. The maximum atomic E-state index is 12.6. The van der Waals surface area contributed by atoms with Crippen LogP contribution in [0.1, 0.15) is 22.0 Å². The van der Waals surface area contributed by atoms with Crippen LogP contribution in [0.15, 0.2) is 30.6 Å². The normalized spacial score (nSPS) is 19.0. The van der Waals surface area contributed by atoms with Crippen molar-refractivity contribution in [1.29, 1.82) is 0 Å². The summed E-state index contributed by atoms with van der Waals surface area (Å²) in [5, 5.41) is 0. The van der Waals surface area contributed by atoms with Gasteiger partial charge in [0, 0.05) is 58.2 Å². The first-order valence-electron chi connectivity index (χ1n) is 8.85. The first kappa shape index (κ1) is 16.2. The standard InChI is InChI=1S/C18H24N6O/c1-21-6-8-22(9-7-21)12-15-13-23-10-11-24(14-17(23)20-15)18(25)16-4-2-3-5-19-16/h2-5,13H,6-12,14H2,1H3. The molecule has 0 radical (unpaired) electrons. The summed E-state index contributed by atoms with van der Waals surface area (Å²) in [7, 11) is 2.17. The predicted octanol–water partition coefficient (Wildman–Crippen LogP) is 0.681. The van der Waals surface area contributed by atoms with E-state index >= 15 is 0 Å². The molecule has 0 N–H and O–H groups in total. The van der Waals surface area contributed by atoms with Crippen LogP contribution in [0.5, 0.6) is 0 Å². The molecule has 0 aliphatic carbocycles. The molecule has 0 atom stereocenters. The number of carbonyl (C=O) groups excluding carboxylic acids is 1. The molecule has 4 rings (SSSR count). The van der Waals surface area contributed by atoms with Gasteiger partial charge in [-0.3, -0.25) is 14.7 Å². The summed E-state index contributed by atoms with van der Waals surface area (Å²) in [6.07, 6.45) is 3.81. The third-order valence-corrected chi connectivity index (χ3v) is 5.00. The Labute approximate surface area is 147 Å². The molecule has 0 unspecified atom stereocenters. The topological polar surface area (TPSA) is 57.5 Å². The zero-order valence-corrected chi connectivity index (χ0v) is 14.6. The van der Waals surface area contributed by atoms with E-state index in [4.69, 9.17) is 4.98 Å². The zero-order valence-electron chi connectivity index (χ0n) is 14.6. The van der Waals surface area contributed by atoms with Crippen LogP contribution in [0.25, 0.3) is 0 Å². The van der Waals surface area contributed by atoms with Gasteiger partial charge in [0.05, 0.1) is 12.2 Å². The number of imidazole rings is 1. The molecular weight excluding hydrogens is 316 g/mol. The van der Waals surface area contributed by atoms with Gasteiger partial charge in [-0.25, -0.2) is 4.98 Å². The lowest BCUT2D eigenvalue weighted by molar-refractivity contribution is 0.0701. The SMILES string of the molecule is CN1CCN(Cc2cn3c(n2)CN(C(=O)c2ccccn2)CC3)CC1. The number of hydrogen-bond donors (Lipinski definition) is 0. The predicted molar refractivity (Wildman–Crippen MR) is 94.0 cm³/mol. The average molecular weight is 340 g/mol. The second kappa shape index (κ2) is 6.93. The number of nitrogens with zero attached hydrogens (tertiary/aromatic N) is 6. The van der Waals surface area contributed by atoms with Crippen LogP contribution in [-0.4, -0.2) is 74.9 Å². The van der Waals surface area contributed by atoms with Gasteiger partial charge in [0.2, 0.25) is 0 Å². The Hall–Kier alpha value is -2.25. The summed E-state index contributed by atoms with van der Waals surface area (Å²) in [5.74, 6) is 0.954. The molecule has 7 heteroatoms. The van der Waals surface area contributed by atoms with E-state index in [1.807, 2.05) is 17.0 Å². The summed E-state index contributed by atoms with van der Waals surface area (Å²) < 4.78 is 2.19. The third kappa shape index (κ3) is 3.57. The number of rotatable bonds is 3. The van der Waals surface area contributed by atoms with Gasteiger partial charge in [-0.15, -0.1) is 0 Å². The molecular formula is C18H24N6O. The van der Waals surface area contributed by atoms with Gasteiger partial charge >= 0.3 is 0 Å². The van der Waals surface area contributed by atoms with Crippen molar-refractivity contribution < 1.29 is 4.79 Å². The molecule has 1 fully saturated rings. The van der Waals surface area contributed by atoms with Gasteiger partial charge in [-0.1, -0.05) is 6.07 Å². The van der Waals surface area contributed by atoms with Crippen LogP contribution in [0.2, 0.25) is 0 Å². The molecule has 7 nitrogen and oxygen atoms in total. The number of likely N-dealkylation sites (N-methyl/N-ethyl adjacent to an activating group) is 1. The van der Waals surface area contributed by atoms with Crippen LogP contribution in [0.3, 0.4) is 0 Å². The van der Waals surface area contributed by atoms with Crippen molar-refractivity contribution in [2.45, 2.75) is 19.6 Å². The van der Waals surface area contributed by atoms with Crippen molar-refractivity contribution in [3.05, 3.63) is 47.8 Å². The molecule has 4 heterocycles. The fourth-order valence-corrected chi connectivity index (χ4v) is 3.45. The summed E-state index contributed by atoms with van der Waals surface area (Å²) in [6, 6.07) is 5.44. The first-order chi connectivity index (χ1) is 12.2. The van der Waals surface area contributed by atoms with Gasteiger partial charge in [-0.2, -0.15) is 0 Å². The Balaban J connectivity index is 1.42. The second-order valence-corrected chi connectivity index (χ2v) is 6.86. The van der Waals surface area contributed by atoms with E-state index in [1.165, 1.54) is 0 Å². The van der Waals surface area contributed by atoms with Gasteiger partial charge < -0.3 is 14.4 Å². The summed E-state index contributed by atoms with van der Waals surface area (Å²) in [4.78, 5) is 28.2. The van der Waals surface area contributed by atoms with Crippen molar-refractivity contribution in [2.75, 3.05) is 39.8 Å². The van der Waals surface area contributed by atoms with Crippen LogP contribution >= 0.6 is 0 Å². The molecule has 2 aromatic heterocycles. The van der Waals surface area contributed by atoms with E-state index in [2.05, 4.69) is 32.6 Å². The first-order valence-corrected chi connectivity index (χ1v) is 8.85. The largest absolute Gasteiger partial charge is 0.331 e. The van der Waals surface area contributed by atoms with Gasteiger partial charge in [0.1, 0.15) is 11.5 Å². The number of piperazine rings is 1. The van der Waals surface area contributed by atoms with Crippen molar-refractivity contribution in [3.63, 3.8) is 0 Å². The number of carbonyl (C=O) groups is 1. The fraction of sp³-hybridized carbons (Fsp3) is 0.500. The maximum Gasteiger partial charge on any atom is 0.272 e. The highest BCUT2D eigenvalue weighted by molar-refractivity contribution is 5.92. The molecule has 0 aromatic carbocycles. The third-order valence-electron chi connectivity index (χ3n) is 5.00. The second-order valence-electron chi connectivity index (χ2n) is 6.86. The molecule has 2 aliphatic rings. The Kier molecular flexibility index (Phi) is 4.50. The summed E-state index contributed by atoms with van der Waals surface area (Å²) in [6.45, 7) is 7.34. The smallest absolute Gasteiger partial charge is 0.272 e. The van der Waals surface area contributed by atoms with Gasteiger partial charge in [0.15, 0.2) is 0 Å². The highest BCUT2D eigenvalue weighted by Crippen LogP contribution is 2.16. The van der Waals surface area contributed by atoms with E-state index in [9.17, 15) is 4.79 Å². The lowest BCUT2D eigenvalue weighted by Gasteiger charge is -2.31. The lowest BCUT2D eigenvalue weighted by atomic mass is 10.3. The van der Waals surface area contributed by atoms with Crippen LogP contribution in [0, 0.1) is 0 Å². The van der Waals surface area contributed by atoms with Gasteiger partial charge in [0.25, 0.3) is 5.91 Å². The molecule has 132 valence electrons. The van der Waals surface area contributed by atoms with Crippen molar-refractivity contribution in [1.82, 2.24) is 29.2 Å². The Morgan fingerprint density at radius 2 is 1.96 bits per heavy atom. The molecule has 25 heavy (non-hydrogen) atoms. The number of aromatic nitrogens is 3.